The van der Waals surface area contributed by atoms with Crippen molar-refractivity contribution in [3.05, 3.63) is 58.6 Å². The smallest absolute Gasteiger partial charge is 0.255 e. The van der Waals surface area contributed by atoms with Crippen LogP contribution in [-0.4, -0.2) is 10.9 Å². The Morgan fingerprint density at radius 2 is 1.95 bits per heavy atom. The molecular formula is C17H16N2OS. The number of thiazole rings is 1. The minimum Gasteiger partial charge on any atom is -0.322 e. The molecule has 2 aromatic carbocycles. The second kappa shape index (κ2) is 5.66. The van der Waals surface area contributed by atoms with E-state index in [4.69, 9.17) is 0 Å². The maximum Gasteiger partial charge on any atom is 0.255 e. The number of fused-ring (bicyclic) bond motifs is 1. The van der Waals surface area contributed by atoms with Crippen molar-refractivity contribution in [3.8, 4) is 0 Å². The van der Waals surface area contributed by atoms with Crippen LogP contribution in [0.2, 0.25) is 0 Å². The molecule has 0 saturated carbocycles. The number of anilines is 1. The molecule has 0 aliphatic carbocycles. The van der Waals surface area contributed by atoms with E-state index in [-0.39, 0.29) is 5.91 Å². The summed E-state index contributed by atoms with van der Waals surface area (Å²) in [6.07, 6.45) is 0.975. The quantitative estimate of drug-likeness (QED) is 0.777. The molecule has 21 heavy (non-hydrogen) atoms. The maximum atomic E-state index is 12.2. The van der Waals surface area contributed by atoms with E-state index < -0.39 is 0 Å². The second-order valence-corrected chi connectivity index (χ2v) is 6.15. The van der Waals surface area contributed by atoms with Crippen LogP contribution < -0.4 is 5.32 Å². The SMILES string of the molecule is CCc1ccc(C(=O)Nc2ccc3nc(C)sc3c2)cc1. The first-order valence-corrected chi connectivity index (χ1v) is 7.75. The fraction of sp³-hybridized carbons (Fsp3) is 0.176. The van der Waals surface area contributed by atoms with Crippen LogP contribution in [0.3, 0.4) is 0 Å². The predicted molar refractivity (Wildman–Crippen MR) is 88.1 cm³/mol. The third-order valence-electron chi connectivity index (χ3n) is 3.38. The van der Waals surface area contributed by atoms with Gasteiger partial charge in [-0.3, -0.25) is 4.79 Å². The molecule has 3 aromatic rings. The average Bonchev–Trinajstić information content (AvgIpc) is 2.86. The van der Waals surface area contributed by atoms with Crippen molar-refractivity contribution < 1.29 is 4.79 Å². The lowest BCUT2D eigenvalue weighted by Crippen LogP contribution is -2.11. The molecule has 0 spiro atoms. The monoisotopic (exact) mass is 296 g/mol. The third-order valence-corrected chi connectivity index (χ3v) is 4.31. The van der Waals surface area contributed by atoms with E-state index in [1.54, 1.807) is 11.3 Å². The van der Waals surface area contributed by atoms with Crippen LogP contribution in [0.25, 0.3) is 10.2 Å². The molecule has 0 saturated heterocycles. The molecule has 0 bridgehead atoms. The van der Waals surface area contributed by atoms with Gasteiger partial charge in [0.25, 0.3) is 5.91 Å². The van der Waals surface area contributed by atoms with Gasteiger partial charge in [0, 0.05) is 11.3 Å². The van der Waals surface area contributed by atoms with Gasteiger partial charge in [-0.2, -0.15) is 0 Å². The Balaban J connectivity index is 1.81. The molecule has 1 amide bonds. The van der Waals surface area contributed by atoms with Gasteiger partial charge in [0.2, 0.25) is 0 Å². The Hall–Kier alpha value is -2.20. The Morgan fingerprint density at radius 1 is 1.19 bits per heavy atom. The molecule has 1 heterocycles. The van der Waals surface area contributed by atoms with E-state index in [1.807, 2.05) is 49.4 Å². The van der Waals surface area contributed by atoms with Crippen LogP contribution in [0.4, 0.5) is 5.69 Å². The lowest BCUT2D eigenvalue weighted by molar-refractivity contribution is 0.102. The highest BCUT2D eigenvalue weighted by atomic mass is 32.1. The highest BCUT2D eigenvalue weighted by molar-refractivity contribution is 7.18. The minimum absolute atomic E-state index is 0.0850. The van der Waals surface area contributed by atoms with Gasteiger partial charge in [0.05, 0.1) is 15.2 Å². The molecule has 0 atom stereocenters. The summed E-state index contributed by atoms with van der Waals surface area (Å²) < 4.78 is 1.09. The predicted octanol–water partition coefficient (Wildman–Crippen LogP) is 4.42. The standard InChI is InChI=1S/C17H16N2OS/c1-3-12-4-6-13(7-5-12)17(20)19-14-8-9-15-16(10-14)21-11(2)18-15/h4-10H,3H2,1-2H3,(H,19,20). The summed E-state index contributed by atoms with van der Waals surface area (Å²) in [6, 6.07) is 13.5. The van der Waals surface area contributed by atoms with E-state index in [0.717, 1.165) is 27.3 Å². The first kappa shape index (κ1) is 13.8. The number of aromatic nitrogens is 1. The lowest BCUT2D eigenvalue weighted by atomic mass is 10.1. The van der Waals surface area contributed by atoms with Gasteiger partial charge in [0.15, 0.2) is 0 Å². The Kier molecular flexibility index (Phi) is 3.71. The van der Waals surface area contributed by atoms with Crippen LogP contribution in [-0.2, 0) is 6.42 Å². The molecule has 0 fully saturated rings. The summed E-state index contributed by atoms with van der Waals surface area (Å²) in [5.74, 6) is -0.0850. The molecule has 0 aliphatic heterocycles. The lowest BCUT2D eigenvalue weighted by Gasteiger charge is -2.06. The van der Waals surface area contributed by atoms with Crippen LogP contribution >= 0.6 is 11.3 Å². The number of hydrogen-bond acceptors (Lipinski definition) is 3. The van der Waals surface area contributed by atoms with Crippen molar-refractivity contribution >= 4 is 33.1 Å². The summed E-state index contributed by atoms with van der Waals surface area (Å²) in [4.78, 5) is 16.6. The highest BCUT2D eigenvalue weighted by Crippen LogP contribution is 2.25. The first-order valence-electron chi connectivity index (χ1n) is 6.93. The van der Waals surface area contributed by atoms with Gasteiger partial charge >= 0.3 is 0 Å². The number of benzene rings is 2. The van der Waals surface area contributed by atoms with Gasteiger partial charge < -0.3 is 5.32 Å². The Morgan fingerprint density at radius 3 is 2.67 bits per heavy atom. The van der Waals surface area contributed by atoms with Crippen molar-refractivity contribution in [1.29, 1.82) is 0 Å². The van der Waals surface area contributed by atoms with E-state index >= 15 is 0 Å². The summed E-state index contributed by atoms with van der Waals surface area (Å²) >= 11 is 1.63. The van der Waals surface area contributed by atoms with Gasteiger partial charge in [0.1, 0.15) is 0 Å². The van der Waals surface area contributed by atoms with E-state index in [9.17, 15) is 4.79 Å². The molecule has 3 nitrogen and oxygen atoms in total. The molecule has 0 radical (unpaired) electrons. The van der Waals surface area contributed by atoms with Gasteiger partial charge in [-0.25, -0.2) is 4.98 Å². The van der Waals surface area contributed by atoms with Crippen molar-refractivity contribution in [2.45, 2.75) is 20.3 Å². The van der Waals surface area contributed by atoms with Crippen molar-refractivity contribution in [2.24, 2.45) is 0 Å². The molecular weight excluding hydrogens is 280 g/mol. The highest BCUT2D eigenvalue weighted by Gasteiger charge is 2.07. The second-order valence-electron chi connectivity index (χ2n) is 4.92. The van der Waals surface area contributed by atoms with Crippen LogP contribution in [0.15, 0.2) is 42.5 Å². The minimum atomic E-state index is -0.0850. The number of hydrogen-bond donors (Lipinski definition) is 1. The van der Waals surface area contributed by atoms with Crippen LogP contribution in [0.1, 0.15) is 27.9 Å². The zero-order chi connectivity index (χ0) is 14.8. The number of rotatable bonds is 3. The summed E-state index contributed by atoms with van der Waals surface area (Å²) in [7, 11) is 0. The number of aryl methyl sites for hydroxylation is 2. The topological polar surface area (TPSA) is 42.0 Å². The third kappa shape index (κ3) is 2.95. The average molecular weight is 296 g/mol. The molecule has 1 aromatic heterocycles. The molecule has 106 valence electrons. The maximum absolute atomic E-state index is 12.2. The van der Waals surface area contributed by atoms with E-state index in [2.05, 4.69) is 17.2 Å². The van der Waals surface area contributed by atoms with Crippen LogP contribution in [0.5, 0.6) is 0 Å². The molecule has 0 unspecified atom stereocenters. The molecule has 0 aliphatic rings. The van der Waals surface area contributed by atoms with Gasteiger partial charge in [-0.15, -0.1) is 11.3 Å². The zero-order valence-corrected chi connectivity index (χ0v) is 12.8. The fourth-order valence-corrected chi connectivity index (χ4v) is 3.08. The zero-order valence-electron chi connectivity index (χ0n) is 12.0. The fourth-order valence-electron chi connectivity index (χ4n) is 2.21. The van der Waals surface area contributed by atoms with Crippen molar-refractivity contribution in [1.82, 2.24) is 4.98 Å². The van der Waals surface area contributed by atoms with E-state index in [0.29, 0.717) is 5.56 Å². The number of amides is 1. The first-order chi connectivity index (χ1) is 10.2. The Labute approximate surface area is 127 Å². The number of nitrogens with one attached hydrogen (secondary N) is 1. The Bertz CT molecular complexity index is 790. The number of carbonyl (C=O) groups is 1. The number of carbonyl (C=O) groups excluding carboxylic acids is 1. The van der Waals surface area contributed by atoms with Crippen LogP contribution in [0, 0.1) is 6.92 Å². The van der Waals surface area contributed by atoms with Crippen molar-refractivity contribution in [3.63, 3.8) is 0 Å². The van der Waals surface area contributed by atoms with Crippen molar-refractivity contribution in [2.75, 3.05) is 5.32 Å². The molecule has 1 N–H and O–H groups in total. The van der Waals surface area contributed by atoms with Gasteiger partial charge in [-0.05, 0) is 49.2 Å². The largest absolute Gasteiger partial charge is 0.322 e. The van der Waals surface area contributed by atoms with E-state index in [1.165, 1.54) is 5.56 Å². The number of nitrogens with zero attached hydrogens (tertiary/aromatic N) is 1. The molecule has 4 heteroatoms. The summed E-state index contributed by atoms with van der Waals surface area (Å²) in [6.45, 7) is 4.08. The normalized spacial score (nSPS) is 10.8. The summed E-state index contributed by atoms with van der Waals surface area (Å²) in [5.41, 5.74) is 3.68. The van der Waals surface area contributed by atoms with Gasteiger partial charge in [-0.1, -0.05) is 19.1 Å². The molecule has 3 rings (SSSR count). The summed E-state index contributed by atoms with van der Waals surface area (Å²) in [5, 5.41) is 3.97.